The van der Waals surface area contributed by atoms with Crippen molar-refractivity contribution in [1.82, 2.24) is 0 Å². The maximum absolute atomic E-state index is 13.4. The number of rotatable bonds is 2. The molecule has 21 heavy (non-hydrogen) atoms. The Morgan fingerprint density at radius 2 is 1.90 bits per heavy atom. The van der Waals surface area contributed by atoms with Crippen molar-refractivity contribution in [3.63, 3.8) is 0 Å². The van der Waals surface area contributed by atoms with Crippen LogP contribution in [0.4, 0.5) is 10.1 Å². The number of hydrogen-bond donors (Lipinski definition) is 0. The van der Waals surface area contributed by atoms with Gasteiger partial charge in [-0.1, -0.05) is 0 Å². The van der Waals surface area contributed by atoms with Crippen LogP contribution < -0.4 is 4.90 Å². The lowest BCUT2D eigenvalue weighted by Crippen LogP contribution is -2.20. The minimum absolute atomic E-state index is 0.0104. The van der Waals surface area contributed by atoms with E-state index >= 15 is 0 Å². The fourth-order valence-electron chi connectivity index (χ4n) is 2.65. The Morgan fingerprint density at radius 1 is 1.14 bits per heavy atom. The fraction of sp³-hybridized carbons (Fsp3) is 0.176. The first kappa shape index (κ1) is 13.5. The fourth-order valence-corrected chi connectivity index (χ4v) is 2.65. The SMILES string of the molecule is Cc1cc(F)cc(C(=O)c2ccc3c(c2)CC(=O)N3C)c1. The van der Waals surface area contributed by atoms with Crippen LogP contribution in [-0.2, 0) is 11.2 Å². The summed E-state index contributed by atoms with van der Waals surface area (Å²) >= 11 is 0. The average Bonchev–Trinajstić information content (AvgIpc) is 2.71. The summed E-state index contributed by atoms with van der Waals surface area (Å²) in [6.07, 6.45) is 0.301. The molecule has 1 aliphatic rings. The highest BCUT2D eigenvalue weighted by molar-refractivity contribution is 6.10. The van der Waals surface area contributed by atoms with Crippen molar-refractivity contribution < 1.29 is 14.0 Å². The smallest absolute Gasteiger partial charge is 0.231 e. The molecule has 2 aromatic carbocycles. The highest BCUT2D eigenvalue weighted by Crippen LogP contribution is 2.29. The molecule has 0 bridgehead atoms. The second-order valence-corrected chi connectivity index (χ2v) is 5.32. The molecule has 0 spiro atoms. The van der Waals surface area contributed by atoms with E-state index in [0.29, 0.717) is 23.1 Å². The van der Waals surface area contributed by atoms with E-state index < -0.39 is 5.82 Å². The lowest BCUT2D eigenvalue weighted by atomic mass is 9.99. The van der Waals surface area contributed by atoms with Crippen LogP contribution >= 0.6 is 0 Å². The summed E-state index contributed by atoms with van der Waals surface area (Å²) in [6, 6.07) is 9.44. The standard InChI is InChI=1S/C17H14FNO2/c1-10-5-13(8-14(18)6-10)17(21)11-3-4-15-12(7-11)9-16(20)19(15)2/h3-8H,9H2,1-2H3. The van der Waals surface area contributed by atoms with E-state index in [9.17, 15) is 14.0 Å². The summed E-state index contributed by atoms with van der Waals surface area (Å²) in [5.74, 6) is -0.645. The molecule has 0 unspecified atom stereocenters. The van der Waals surface area contributed by atoms with E-state index in [1.165, 1.54) is 12.1 Å². The van der Waals surface area contributed by atoms with Crippen molar-refractivity contribution in [2.75, 3.05) is 11.9 Å². The number of carbonyl (C=O) groups is 2. The van der Waals surface area contributed by atoms with Gasteiger partial charge in [-0.15, -0.1) is 0 Å². The summed E-state index contributed by atoms with van der Waals surface area (Å²) in [5, 5.41) is 0. The van der Waals surface area contributed by atoms with E-state index in [1.54, 1.807) is 43.1 Å². The minimum atomic E-state index is -0.422. The number of aryl methyl sites for hydroxylation is 1. The van der Waals surface area contributed by atoms with Gasteiger partial charge in [0.1, 0.15) is 5.82 Å². The molecule has 0 fully saturated rings. The summed E-state index contributed by atoms with van der Waals surface area (Å²) in [5.41, 5.74) is 3.16. The molecule has 106 valence electrons. The zero-order chi connectivity index (χ0) is 15.1. The Labute approximate surface area is 122 Å². The van der Waals surface area contributed by atoms with Crippen molar-refractivity contribution in [2.45, 2.75) is 13.3 Å². The monoisotopic (exact) mass is 283 g/mol. The number of likely N-dealkylation sites (N-methyl/N-ethyl adjacent to an activating group) is 1. The number of halogens is 1. The third-order valence-corrected chi connectivity index (χ3v) is 3.72. The van der Waals surface area contributed by atoms with Crippen LogP contribution in [0.3, 0.4) is 0 Å². The molecule has 1 amide bonds. The van der Waals surface area contributed by atoms with Gasteiger partial charge in [-0.2, -0.15) is 0 Å². The van der Waals surface area contributed by atoms with E-state index in [0.717, 1.165) is 11.3 Å². The number of ketones is 1. The third-order valence-electron chi connectivity index (χ3n) is 3.72. The molecule has 0 N–H and O–H groups in total. The van der Waals surface area contributed by atoms with Gasteiger partial charge in [0.2, 0.25) is 5.91 Å². The molecule has 0 saturated heterocycles. The average molecular weight is 283 g/mol. The van der Waals surface area contributed by atoms with Gasteiger partial charge in [0.25, 0.3) is 0 Å². The number of anilines is 1. The zero-order valence-corrected chi connectivity index (χ0v) is 11.8. The van der Waals surface area contributed by atoms with Gasteiger partial charge in [0.15, 0.2) is 5.78 Å². The van der Waals surface area contributed by atoms with Crippen LogP contribution in [0.1, 0.15) is 27.0 Å². The van der Waals surface area contributed by atoms with Gasteiger partial charge >= 0.3 is 0 Å². The summed E-state index contributed by atoms with van der Waals surface area (Å²) in [4.78, 5) is 25.7. The molecule has 0 radical (unpaired) electrons. The molecule has 3 nitrogen and oxygen atoms in total. The quantitative estimate of drug-likeness (QED) is 0.795. The van der Waals surface area contributed by atoms with Gasteiger partial charge in [-0.05, 0) is 54.4 Å². The number of carbonyl (C=O) groups excluding carboxylic acids is 2. The van der Waals surface area contributed by atoms with Crippen LogP contribution in [0.2, 0.25) is 0 Å². The van der Waals surface area contributed by atoms with Crippen molar-refractivity contribution in [2.24, 2.45) is 0 Å². The van der Waals surface area contributed by atoms with Crippen molar-refractivity contribution in [3.8, 4) is 0 Å². The first-order valence-corrected chi connectivity index (χ1v) is 6.67. The molecule has 0 saturated carbocycles. The number of nitrogens with zero attached hydrogens (tertiary/aromatic N) is 1. The van der Waals surface area contributed by atoms with Crippen molar-refractivity contribution >= 4 is 17.4 Å². The summed E-state index contributed by atoms with van der Waals surface area (Å²) < 4.78 is 13.4. The third kappa shape index (κ3) is 2.33. The molecule has 3 rings (SSSR count). The van der Waals surface area contributed by atoms with Crippen molar-refractivity contribution in [3.05, 3.63) is 64.5 Å². The predicted molar refractivity (Wildman–Crippen MR) is 78.1 cm³/mol. The number of amides is 1. The Balaban J connectivity index is 2.00. The van der Waals surface area contributed by atoms with Gasteiger partial charge in [-0.3, -0.25) is 9.59 Å². The molecule has 2 aromatic rings. The molecule has 0 aromatic heterocycles. The Kier molecular flexibility index (Phi) is 3.09. The Morgan fingerprint density at radius 3 is 2.62 bits per heavy atom. The molecular formula is C17H14FNO2. The van der Waals surface area contributed by atoms with Gasteiger partial charge in [-0.25, -0.2) is 4.39 Å². The lowest BCUT2D eigenvalue weighted by molar-refractivity contribution is -0.117. The summed E-state index contributed by atoms with van der Waals surface area (Å²) in [6.45, 7) is 1.75. The van der Waals surface area contributed by atoms with Crippen LogP contribution in [0.15, 0.2) is 36.4 Å². The highest BCUT2D eigenvalue weighted by atomic mass is 19.1. The van der Waals surface area contributed by atoms with Gasteiger partial charge in [0.05, 0.1) is 6.42 Å². The second kappa shape index (κ2) is 4.81. The largest absolute Gasteiger partial charge is 0.315 e. The van der Waals surface area contributed by atoms with Crippen molar-refractivity contribution in [1.29, 1.82) is 0 Å². The predicted octanol–water partition coefficient (Wildman–Crippen LogP) is 2.88. The van der Waals surface area contributed by atoms with E-state index in [1.807, 2.05) is 0 Å². The summed E-state index contributed by atoms with van der Waals surface area (Å²) in [7, 11) is 1.71. The molecule has 1 heterocycles. The topological polar surface area (TPSA) is 37.4 Å². The van der Waals surface area contributed by atoms with Crippen LogP contribution in [0.25, 0.3) is 0 Å². The first-order valence-electron chi connectivity index (χ1n) is 6.67. The minimum Gasteiger partial charge on any atom is -0.315 e. The Bertz CT molecular complexity index is 747. The maximum Gasteiger partial charge on any atom is 0.231 e. The van der Waals surface area contributed by atoms with E-state index in [4.69, 9.17) is 0 Å². The normalized spacial score (nSPS) is 13.5. The molecule has 0 aliphatic carbocycles. The molecule has 4 heteroatoms. The molecular weight excluding hydrogens is 269 g/mol. The van der Waals surface area contributed by atoms with Crippen LogP contribution in [0, 0.1) is 12.7 Å². The van der Waals surface area contributed by atoms with Crippen LogP contribution in [0.5, 0.6) is 0 Å². The lowest BCUT2D eigenvalue weighted by Gasteiger charge is -2.10. The zero-order valence-electron chi connectivity index (χ0n) is 11.8. The number of fused-ring (bicyclic) bond motifs is 1. The Hall–Kier alpha value is -2.49. The second-order valence-electron chi connectivity index (χ2n) is 5.32. The van der Waals surface area contributed by atoms with Crippen LogP contribution in [-0.4, -0.2) is 18.7 Å². The van der Waals surface area contributed by atoms with Gasteiger partial charge < -0.3 is 4.90 Å². The van der Waals surface area contributed by atoms with E-state index in [-0.39, 0.29) is 11.7 Å². The molecule has 0 atom stereocenters. The van der Waals surface area contributed by atoms with E-state index in [2.05, 4.69) is 0 Å². The van der Waals surface area contributed by atoms with Gasteiger partial charge in [0, 0.05) is 23.9 Å². The highest BCUT2D eigenvalue weighted by Gasteiger charge is 2.25. The number of hydrogen-bond acceptors (Lipinski definition) is 2. The number of benzene rings is 2. The first-order chi connectivity index (χ1) is 9.95. The maximum atomic E-state index is 13.4. The molecule has 1 aliphatic heterocycles.